The molecule has 0 amide bonds. The van der Waals surface area contributed by atoms with Gasteiger partial charge in [0.1, 0.15) is 0 Å². The van der Waals surface area contributed by atoms with Crippen molar-refractivity contribution in [3.05, 3.63) is 71.6 Å². The quantitative estimate of drug-likeness (QED) is 0.569. The molecule has 0 aliphatic carbocycles. The maximum atomic E-state index is 13.0. The Morgan fingerprint density at radius 1 is 1.00 bits per heavy atom. The van der Waals surface area contributed by atoms with E-state index in [-0.39, 0.29) is 11.9 Å². The molecule has 0 N–H and O–H groups in total. The van der Waals surface area contributed by atoms with Crippen molar-refractivity contribution in [3.63, 3.8) is 0 Å². The van der Waals surface area contributed by atoms with E-state index in [2.05, 4.69) is 44.2 Å². The third-order valence-corrected chi connectivity index (χ3v) is 5.67. The van der Waals surface area contributed by atoms with Gasteiger partial charge in [-0.15, -0.1) is 0 Å². The zero-order valence-electron chi connectivity index (χ0n) is 17.3. The average Bonchev–Trinajstić information content (AvgIpc) is 3.15. The molecule has 1 unspecified atom stereocenters. The molecule has 2 heterocycles. The number of hydrogen-bond donors (Lipinski definition) is 0. The Bertz CT molecular complexity index is 990. The van der Waals surface area contributed by atoms with Crippen molar-refractivity contribution in [1.82, 2.24) is 19.9 Å². The van der Waals surface area contributed by atoms with E-state index >= 15 is 0 Å². The van der Waals surface area contributed by atoms with Crippen LogP contribution < -0.4 is 0 Å². The van der Waals surface area contributed by atoms with Gasteiger partial charge in [0.2, 0.25) is 11.7 Å². The van der Waals surface area contributed by atoms with Crippen LogP contribution in [0.15, 0.2) is 59.1 Å². The van der Waals surface area contributed by atoms with Crippen molar-refractivity contribution < 1.29 is 17.7 Å². The molecule has 0 saturated carbocycles. The molecule has 1 fully saturated rings. The van der Waals surface area contributed by atoms with Gasteiger partial charge < -0.3 is 4.52 Å². The predicted octanol–water partition coefficient (Wildman–Crippen LogP) is 5.02. The molecule has 3 aromatic rings. The molecule has 0 bridgehead atoms. The monoisotopic (exact) mass is 430 g/mol. The standard InChI is InChI=1S/C23H25F3N4O/c1-17(30-12-6-11-29(13-14-30)16-18-7-3-2-4-8-18)22-27-21(28-31-22)19-9-5-10-20(15-19)23(24,25)26/h2-5,7-10,15,17H,6,11-14,16H2,1H3. The van der Waals surface area contributed by atoms with Crippen molar-refractivity contribution in [3.8, 4) is 11.4 Å². The summed E-state index contributed by atoms with van der Waals surface area (Å²) in [7, 11) is 0. The van der Waals surface area contributed by atoms with Crippen LogP contribution in [0.25, 0.3) is 11.4 Å². The summed E-state index contributed by atoms with van der Waals surface area (Å²) in [6, 6.07) is 15.3. The summed E-state index contributed by atoms with van der Waals surface area (Å²) in [5.41, 5.74) is 0.865. The van der Waals surface area contributed by atoms with Gasteiger partial charge in [0.25, 0.3) is 0 Å². The second-order valence-corrected chi connectivity index (χ2v) is 7.86. The third-order valence-electron chi connectivity index (χ3n) is 5.67. The Labute approximate surface area is 179 Å². The zero-order chi connectivity index (χ0) is 21.8. The van der Waals surface area contributed by atoms with Crippen LogP contribution in [0.5, 0.6) is 0 Å². The third kappa shape index (κ3) is 5.32. The normalized spacial score (nSPS) is 17.4. The lowest BCUT2D eigenvalue weighted by atomic mass is 10.1. The summed E-state index contributed by atoms with van der Waals surface area (Å²) in [5.74, 6) is 0.595. The first-order valence-electron chi connectivity index (χ1n) is 10.4. The Morgan fingerprint density at radius 2 is 1.81 bits per heavy atom. The van der Waals surface area contributed by atoms with E-state index in [1.165, 1.54) is 11.6 Å². The molecule has 2 aromatic carbocycles. The summed E-state index contributed by atoms with van der Waals surface area (Å²) in [4.78, 5) is 9.12. The van der Waals surface area contributed by atoms with Gasteiger partial charge in [-0.2, -0.15) is 18.2 Å². The van der Waals surface area contributed by atoms with Crippen molar-refractivity contribution in [2.24, 2.45) is 0 Å². The van der Waals surface area contributed by atoms with Crippen LogP contribution in [0.2, 0.25) is 0 Å². The highest BCUT2D eigenvalue weighted by molar-refractivity contribution is 5.55. The van der Waals surface area contributed by atoms with Crippen molar-refractivity contribution in [2.75, 3.05) is 26.2 Å². The van der Waals surface area contributed by atoms with Gasteiger partial charge in [0, 0.05) is 31.7 Å². The number of hydrogen-bond acceptors (Lipinski definition) is 5. The topological polar surface area (TPSA) is 45.4 Å². The molecule has 1 atom stereocenters. The lowest BCUT2D eigenvalue weighted by molar-refractivity contribution is -0.137. The van der Waals surface area contributed by atoms with Crippen molar-refractivity contribution in [1.29, 1.82) is 0 Å². The number of alkyl halides is 3. The smallest absolute Gasteiger partial charge is 0.337 e. The molecule has 0 spiro atoms. The van der Waals surface area contributed by atoms with Gasteiger partial charge >= 0.3 is 6.18 Å². The van der Waals surface area contributed by atoms with Crippen LogP contribution in [-0.4, -0.2) is 46.1 Å². The molecule has 164 valence electrons. The fourth-order valence-electron chi connectivity index (χ4n) is 3.89. The van der Waals surface area contributed by atoms with Gasteiger partial charge in [-0.25, -0.2) is 0 Å². The van der Waals surface area contributed by atoms with E-state index in [1.54, 1.807) is 6.07 Å². The van der Waals surface area contributed by atoms with Crippen LogP contribution in [-0.2, 0) is 12.7 Å². The molecule has 4 rings (SSSR count). The molecule has 1 aromatic heterocycles. The summed E-state index contributed by atoms with van der Waals surface area (Å²) in [6.45, 7) is 6.61. The first-order chi connectivity index (χ1) is 14.9. The molecule has 1 aliphatic rings. The van der Waals surface area contributed by atoms with E-state index in [0.29, 0.717) is 11.5 Å². The number of aromatic nitrogens is 2. The number of halogens is 3. The van der Waals surface area contributed by atoms with E-state index in [1.807, 2.05) is 13.0 Å². The van der Waals surface area contributed by atoms with Crippen LogP contribution >= 0.6 is 0 Å². The number of nitrogens with zero attached hydrogens (tertiary/aromatic N) is 4. The average molecular weight is 430 g/mol. The van der Waals surface area contributed by atoms with Crippen molar-refractivity contribution >= 4 is 0 Å². The molecule has 5 nitrogen and oxygen atoms in total. The van der Waals surface area contributed by atoms with Crippen molar-refractivity contribution in [2.45, 2.75) is 32.1 Å². The highest BCUT2D eigenvalue weighted by Gasteiger charge is 2.31. The summed E-state index contributed by atoms with van der Waals surface area (Å²) >= 11 is 0. The van der Waals surface area contributed by atoms with E-state index < -0.39 is 11.7 Å². The summed E-state index contributed by atoms with van der Waals surface area (Å²) in [6.07, 6.45) is -3.39. The second kappa shape index (κ2) is 9.20. The van der Waals surface area contributed by atoms with E-state index in [4.69, 9.17) is 4.52 Å². The van der Waals surface area contributed by atoms with Gasteiger partial charge in [-0.3, -0.25) is 9.80 Å². The Kier molecular flexibility index (Phi) is 6.38. The van der Waals surface area contributed by atoms with Crippen LogP contribution in [0, 0.1) is 0 Å². The minimum Gasteiger partial charge on any atom is -0.337 e. The SMILES string of the molecule is CC(c1nc(-c2cccc(C(F)(F)F)c2)no1)N1CCCN(Cc2ccccc2)CC1. The lowest BCUT2D eigenvalue weighted by Gasteiger charge is -2.25. The summed E-state index contributed by atoms with van der Waals surface area (Å²) < 4.78 is 44.4. The Morgan fingerprint density at radius 3 is 2.58 bits per heavy atom. The molecule has 1 aliphatic heterocycles. The number of benzene rings is 2. The molecular formula is C23H25F3N4O. The molecule has 0 radical (unpaired) electrons. The summed E-state index contributed by atoms with van der Waals surface area (Å²) in [5, 5.41) is 3.93. The van der Waals surface area contributed by atoms with Crippen LogP contribution in [0.4, 0.5) is 13.2 Å². The molecule has 31 heavy (non-hydrogen) atoms. The minimum absolute atomic E-state index is 0.108. The molecule has 8 heteroatoms. The fraction of sp³-hybridized carbons (Fsp3) is 0.391. The maximum absolute atomic E-state index is 13.0. The predicted molar refractivity (Wildman–Crippen MR) is 111 cm³/mol. The van der Waals surface area contributed by atoms with E-state index in [9.17, 15) is 13.2 Å². The fourth-order valence-corrected chi connectivity index (χ4v) is 3.89. The van der Waals surface area contributed by atoms with Gasteiger partial charge in [-0.1, -0.05) is 47.6 Å². The maximum Gasteiger partial charge on any atom is 0.416 e. The first kappa shape index (κ1) is 21.5. The van der Waals surface area contributed by atoms with Gasteiger partial charge in [0.05, 0.1) is 11.6 Å². The van der Waals surface area contributed by atoms with E-state index in [0.717, 1.165) is 51.3 Å². The first-order valence-corrected chi connectivity index (χ1v) is 10.4. The van der Waals surface area contributed by atoms with Gasteiger partial charge in [0.15, 0.2) is 0 Å². The second-order valence-electron chi connectivity index (χ2n) is 7.86. The van der Waals surface area contributed by atoms with Crippen LogP contribution in [0.3, 0.4) is 0 Å². The highest BCUT2D eigenvalue weighted by atomic mass is 19.4. The zero-order valence-corrected chi connectivity index (χ0v) is 17.3. The Hall–Kier alpha value is -2.71. The number of rotatable bonds is 5. The molecule has 1 saturated heterocycles. The van der Waals surface area contributed by atoms with Gasteiger partial charge in [-0.05, 0) is 37.6 Å². The Balaban J connectivity index is 1.41. The van der Waals surface area contributed by atoms with Crippen LogP contribution in [0.1, 0.15) is 36.4 Å². The largest absolute Gasteiger partial charge is 0.416 e. The molecular weight excluding hydrogens is 405 g/mol. The lowest BCUT2D eigenvalue weighted by Crippen LogP contribution is -2.32. The minimum atomic E-state index is -4.41. The highest BCUT2D eigenvalue weighted by Crippen LogP contribution is 2.32.